The molecule has 174 valence electrons. The largest absolute Gasteiger partial charge is 0.354 e. The van der Waals surface area contributed by atoms with Crippen LogP contribution in [0.25, 0.3) is 20.3 Å². The van der Waals surface area contributed by atoms with Gasteiger partial charge >= 0.3 is 5.69 Å². The van der Waals surface area contributed by atoms with Crippen LogP contribution in [0.4, 0.5) is 0 Å². The Morgan fingerprint density at radius 2 is 1.91 bits per heavy atom. The predicted octanol–water partition coefficient (Wildman–Crippen LogP) is 3.83. The Morgan fingerprint density at radius 1 is 1.06 bits per heavy atom. The molecule has 0 saturated carbocycles. The standard InChI is InChI=1S/C26H26N4O3S/c31-22(28-15-13-18-8-2-1-3-9-18)17-29-23-20-11-4-5-12-21(20)34-24(23)25(32)30(26(29)33)16-19-10-6-7-14-27-19/h4-8,10-12,14H,1-3,9,13,15-17H2,(H,28,31). The third-order valence-corrected chi connectivity index (χ3v) is 7.39. The van der Waals surface area contributed by atoms with Crippen molar-refractivity contribution < 1.29 is 4.79 Å². The summed E-state index contributed by atoms with van der Waals surface area (Å²) in [7, 11) is 0. The summed E-state index contributed by atoms with van der Waals surface area (Å²) in [5.41, 5.74) is 1.67. The van der Waals surface area contributed by atoms with Gasteiger partial charge in [0.2, 0.25) is 5.91 Å². The van der Waals surface area contributed by atoms with Crippen LogP contribution in [0.5, 0.6) is 0 Å². The van der Waals surface area contributed by atoms with Crippen LogP contribution in [-0.4, -0.2) is 26.6 Å². The first-order valence-corrected chi connectivity index (χ1v) is 12.4. The number of aromatic nitrogens is 3. The molecule has 0 saturated heterocycles. The lowest BCUT2D eigenvalue weighted by Crippen LogP contribution is -2.42. The molecule has 1 N–H and O–H groups in total. The zero-order valence-corrected chi connectivity index (χ0v) is 19.6. The minimum atomic E-state index is -0.503. The van der Waals surface area contributed by atoms with Gasteiger partial charge in [0.1, 0.15) is 11.2 Å². The van der Waals surface area contributed by atoms with Gasteiger partial charge in [-0.15, -0.1) is 11.3 Å². The van der Waals surface area contributed by atoms with E-state index in [9.17, 15) is 14.4 Å². The molecule has 3 aromatic heterocycles. The molecule has 0 aliphatic heterocycles. The van der Waals surface area contributed by atoms with Crippen LogP contribution in [0.15, 0.2) is 69.9 Å². The Morgan fingerprint density at radius 3 is 2.71 bits per heavy atom. The molecule has 0 fully saturated rings. The molecule has 1 aliphatic carbocycles. The number of amides is 1. The first-order chi connectivity index (χ1) is 16.6. The third-order valence-electron chi connectivity index (χ3n) is 6.24. The highest BCUT2D eigenvalue weighted by molar-refractivity contribution is 7.25. The van der Waals surface area contributed by atoms with Crippen molar-refractivity contribution >= 4 is 37.5 Å². The van der Waals surface area contributed by atoms with Gasteiger partial charge in [0, 0.05) is 22.8 Å². The maximum absolute atomic E-state index is 13.5. The van der Waals surface area contributed by atoms with Crippen molar-refractivity contribution in [3.63, 3.8) is 0 Å². The number of thiophene rings is 1. The van der Waals surface area contributed by atoms with Crippen LogP contribution in [0.3, 0.4) is 0 Å². The molecular formula is C26H26N4O3S. The normalized spacial score (nSPS) is 13.8. The van der Waals surface area contributed by atoms with Crippen molar-refractivity contribution in [1.82, 2.24) is 19.4 Å². The first-order valence-electron chi connectivity index (χ1n) is 11.6. The Balaban J connectivity index is 1.51. The number of benzene rings is 1. The van der Waals surface area contributed by atoms with E-state index >= 15 is 0 Å². The zero-order chi connectivity index (χ0) is 23.5. The Hall–Kier alpha value is -3.52. The SMILES string of the molecule is O=C(Cn1c(=O)n(Cc2ccccn2)c(=O)c2sc3ccccc3c21)NCCC1=CCCCC1. The van der Waals surface area contributed by atoms with Gasteiger partial charge in [-0.05, 0) is 50.3 Å². The van der Waals surface area contributed by atoms with Crippen molar-refractivity contribution in [3.8, 4) is 0 Å². The summed E-state index contributed by atoms with van der Waals surface area (Å²) in [5, 5.41) is 3.77. The molecule has 1 amide bonds. The number of hydrogen-bond acceptors (Lipinski definition) is 5. The molecule has 0 bridgehead atoms. The van der Waals surface area contributed by atoms with Gasteiger partial charge in [-0.25, -0.2) is 4.79 Å². The number of carbonyl (C=O) groups excluding carboxylic acids is 1. The van der Waals surface area contributed by atoms with Gasteiger partial charge in [0.15, 0.2) is 0 Å². The fourth-order valence-electron chi connectivity index (χ4n) is 4.53. The average Bonchev–Trinajstić information content (AvgIpc) is 3.25. The molecule has 0 atom stereocenters. The number of nitrogens with one attached hydrogen (secondary N) is 1. The smallest absolute Gasteiger partial charge is 0.332 e. The minimum Gasteiger partial charge on any atom is -0.354 e. The summed E-state index contributed by atoms with van der Waals surface area (Å²) in [5.74, 6) is -0.238. The summed E-state index contributed by atoms with van der Waals surface area (Å²) >= 11 is 1.35. The molecule has 0 unspecified atom stereocenters. The van der Waals surface area contributed by atoms with E-state index in [1.165, 1.54) is 38.9 Å². The van der Waals surface area contributed by atoms with Crippen molar-refractivity contribution in [2.24, 2.45) is 0 Å². The molecule has 0 radical (unpaired) electrons. The highest BCUT2D eigenvalue weighted by Crippen LogP contribution is 2.30. The summed E-state index contributed by atoms with van der Waals surface area (Å²) in [6, 6.07) is 13.0. The molecule has 1 aliphatic rings. The van der Waals surface area contributed by atoms with E-state index in [4.69, 9.17) is 0 Å². The van der Waals surface area contributed by atoms with Crippen molar-refractivity contribution in [2.45, 2.75) is 45.2 Å². The fraction of sp³-hybridized carbons (Fsp3) is 0.308. The third kappa shape index (κ3) is 4.46. The molecule has 3 heterocycles. The van der Waals surface area contributed by atoms with Gasteiger partial charge < -0.3 is 5.32 Å². The van der Waals surface area contributed by atoms with E-state index in [2.05, 4.69) is 16.4 Å². The van der Waals surface area contributed by atoms with Crippen LogP contribution in [-0.2, 0) is 17.9 Å². The fourth-order valence-corrected chi connectivity index (χ4v) is 5.68. The molecular weight excluding hydrogens is 448 g/mol. The van der Waals surface area contributed by atoms with Gasteiger partial charge in [-0.1, -0.05) is 35.9 Å². The number of allylic oxidation sites excluding steroid dienone is 1. The van der Waals surface area contributed by atoms with Gasteiger partial charge in [-0.3, -0.25) is 23.7 Å². The van der Waals surface area contributed by atoms with E-state index in [0.717, 1.165) is 29.3 Å². The molecule has 1 aromatic carbocycles. The Bertz CT molecular complexity index is 1500. The van der Waals surface area contributed by atoms with Crippen LogP contribution in [0.1, 0.15) is 37.8 Å². The van der Waals surface area contributed by atoms with Gasteiger partial charge in [0.05, 0.1) is 17.8 Å². The number of nitrogens with zero attached hydrogens (tertiary/aromatic N) is 3. The Labute approximate surface area is 200 Å². The zero-order valence-electron chi connectivity index (χ0n) is 18.8. The van der Waals surface area contributed by atoms with Crippen molar-refractivity contribution in [3.05, 3.63) is 86.8 Å². The van der Waals surface area contributed by atoms with Crippen LogP contribution in [0, 0.1) is 0 Å². The maximum Gasteiger partial charge on any atom is 0.332 e. The predicted molar refractivity (Wildman–Crippen MR) is 135 cm³/mol. The number of carbonyl (C=O) groups is 1. The summed E-state index contributed by atoms with van der Waals surface area (Å²) in [6.07, 6.45) is 9.38. The van der Waals surface area contributed by atoms with Gasteiger partial charge in [0.25, 0.3) is 5.56 Å². The van der Waals surface area contributed by atoms with E-state index in [-0.39, 0.29) is 24.6 Å². The van der Waals surface area contributed by atoms with Crippen LogP contribution < -0.4 is 16.6 Å². The lowest BCUT2D eigenvalue weighted by atomic mass is 9.97. The number of pyridine rings is 1. The minimum absolute atomic E-state index is 0.0540. The number of fused-ring (bicyclic) bond motifs is 3. The first kappa shape index (κ1) is 22.3. The second-order valence-corrected chi connectivity index (χ2v) is 9.62. The number of rotatable bonds is 7. The topological polar surface area (TPSA) is 86.0 Å². The quantitative estimate of drug-likeness (QED) is 0.413. The number of hydrogen-bond donors (Lipinski definition) is 1. The Kier molecular flexibility index (Phi) is 6.40. The average molecular weight is 475 g/mol. The summed E-state index contributed by atoms with van der Waals surface area (Å²) in [6.45, 7) is 0.455. The van der Waals surface area contributed by atoms with E-state index < -0.39 is 5.69 Å². The van der Waals surface area contributed by atoms with Crippen LogP contribution in [0.2, 0.25) is 0 Å². The molecule has 0 spiro atoms. The maximum atomic E-state index is 13.5. The molecule has 8 heteroatoms. The highest BCUT2D eigenvalue weighted by Gasteiger charge is 2.20. The lowest BCUT2D eigenvalue weighted by molar-refractivity contribution is -0.121. The van der Waals surface area contributed by atoms with Crippen molar-refractivity contribution in [2.75, 3.05) is 6.54 Å². The summed E-state index contributed by atoms with van der Waals surface area (Å²) < 4.78 is 3.99. The molecule has 34 heavy (non-hydrogen) atoms. The molecule has 4 aromatic rings. The second kappa shape index (κ2) is 9.77. The van der Waals surface area contributed by atoms with Crippen molar-refractivity contribution in [1.29, 1.82) is 0 Å². The lowest BCUT2D eigenvalue weighted by Gasteiger charge is -2.14. The summed E-state index contributed by atoms with van der Waals surface area (Å²) in [4.78, 5) is 44.0. The van der Waals surface area contributed by atoms with E-state index in [1.807, 2.05) is 30.3 Å². The van der Waals surface area contributed by atoms with Gasteiger partial charge in [-0.2, -0.15) is 0 Å². The van der Waals surface area contributed by atoms with Crippen LogP contribution >= 0.6 is 11.3 Å². The van der Waals surface area contributed by atoms with E-state index in [0.29, 0.717) is 22.5 Å². The van der Waals surface area contributed by atoms with E-state index in [1.54, 1.807) is 18.3 Å². The molecule has 5 rings (SSSR count). The molecule has 7 nitrogen and oxygen atoms in total. The second-order valence-electron chi connectivity index (χ2n) is 8.57. The highest BCUT2D eigenvalue weighted by atomic mass is 32.1. The monoisotopic (exact) mass is 474 g/mol.